The van der Waals surface area contributed by atoms with E-state index in [-0.39, 0.29) is 23.7 Å². The molecule has 19 heavy (non-hydrogen) atoms. The first-order valence-corrected chi connectivity index (χ1v) is 6.74. The summed E-state index contributed by atoms with van der Waals surface area (Å²) in [7, 11) is 0. The molecule has 2 fully saturated rings. The summed E-state index contributed by atoms with van der Waals surface area (Å²) in [6, 6.07) is -1.08. The quantitative estimate of drug-likeness (QED) is 0.770. The number of aliphatic carboxylic acids is 1. The molecule has 2 aliphatic rings. The van der Waals surface area contributed by atoms with Crippen LogP contribution in [0.4, 0.5) is 0 Å². The molecule has 2 rings (SSSR count). The van der Waals surface area contributed by atoms with Gasteiger partial charge in [0, 0.05) is 0 Å². The summed E-state index contributed by atoms with van der Waals surface area (Å²) in [5.74, 6) is -1.92. The molecule has 0 aromatic carbocycles. The van der Waals surface area contributed by atoms with E-state index in [1.54, 1.807) is 20.8 Å². The van der Waals surface area contributed by atoms with Crippen LogP contribution in [0.3, 0.4) is 0 Å². The Kier molecular flexibility index (Phi) is 3.19. The number of nitrogens with zero attached hydrogens (tertiary/aromatic N) is 1. The van der Waals surface area contributed by atoms with Crippen LogP contribution in [-0.4, -0.2) is 33.8 Å². The van der Waals surface area contributed by atoms with Gasteiger partial charge in [0.05, 0.1) is 11.8 Å². The van der Waals surface area contributed by atoms with Gasteiger partial charge in [-0.3, -0.25) is 14.5 Å². The second kappa shape index (κ2) is 4.32. The van der Waals surface area contributed by atoms with Gasteiger partial charge in [0.15, 0.2) is 0 Å². The lowest BCUT2D eigenvalue weighted by Crippen LogP contribution is -2.52. The molecule has 2 amide bonds. The van der Waals surface area contributed by atoms with Crippen LogP contribution in [0.5, 0.6) is 0 Å². The number of fused-ring (bicyclic) bond motifs is 1. The van der Waals surface area contributed by atoms with Crippen molar-refractivity contribution in [1.29, 1.82) is 0 Å². The molecule has 1 aliphatic heterocycles. The summed E-state index contributed by atoms with van der Waals surface area (Å²) in [5.41, 5.74) is -0.665. The standard InChI is InChI=1S/C14H21NO4/c1-7-5-8-9(6-7)12(17)15(11(8)16)10(13(18)19)14(2,3)4/h7-10H,5-6H2,1-4H3,(H,18,19). The SMILES string of the molecule is CC1CC2C(=O)N(C(C(=O)O)C(C)(C)C)C(=O)C2C1. The van der Waals surface area contributed by atoms with E-state index in [1.165, 1.54) is 0 Å². The lowest BCUT2D eigenvalue weighted by atomic mass is 9.85. The highest BCUT2D eigenvalue weighted by atomic mass is 16.4. The maximum atomic E-state index is 12.4. The highest BCUT2D eigenvalue weighted by Crippen LogP contribution is 2.45. The summed E-state index contributed by atoms with van der Waals surface area (Å²) < 4.78 is 0. The van der Waals surface area contributed by atoms with Crippen molar-refractivity contribution in [3.8, 4) is 0 Å². The first-order chi connectivity index (χ1) is 8.64. The number of carboxylic acids is 1. The molecule has 1 saturated heterocycles. The molecule has 5 nitrogen and oxygen atoms in total. The monoisotopic (exact) mass is 267 g/mol. The van der Waals surface area contributed by atoms with Gasteiger partial charge in [-0.05, 0) is 24.2 Å². The minimum Gasteiger partial charge on any atom is -0.480 e. The molecule has 1 N–H and O–H groups in total. The molecule has 3 atom stereocenters. The fourth-order valence-corrected chi connectivity index (χ4v) is 3.43. The molecule has 0 bridgehead atoms. The minimum absolute atomic E-state index is 0.290. The number of hydrogen-bond donors (Lipinski definition) is 1. The first-order valence-electron chi connectivity index (χ1n) is 6.74. The normalized spacial score (nSPS) is 32.6. The predicted octanol–water partition coefficient (Wildman–Crippen LogP) is 1.52. The Morgan fingerprint density at radius 1 is 1.21 bits per heavy atom. The summed E-state index contributed by atoms with van der Waals surface area (Å²) in [6.07, 6.45) is 1.39. The first kappa shape index (κ1) is 14.0. The highest BCUT2D eigenvalue weighted by molar-refractivity contribution is 6.08. The molecule has 0 radical (unpaired) electrons. The Hall–Kier alpha value is -1.39. The van der Waals surface area contributed by atoms with Gasteiger partial charge < -0.3 is 5.11 Å². The van der Waals surface area contributed by atoms with Gasteiger partial charge in [0.25, 0.3) is 0 Å². The van der Waals surface area contributed by atoms with Crippen LogP contribution in [0, 0.1) is 23.2 Å². The summed E-state index contributed by atoms with van der Waals surface area (Å²) in [6.45, 7) is 7.25. The highest BCUT2D eigenvalue weighted by Gasteiger charge is 2.56. The molecule has 0 aromatic rings. The number of carboxylic acid groups (broad SMARTS) is 1. The number of rotatable bonds is 2. The zero-order valence-electron chi connectivity index (χ0n) is 11.8. The number of imide groups is 1. The summed E-state index contributed by atoms with van der Waals surface area (Å²) >= 11 is 0. The van der Waals surface area contributed by atoms with E-state index in [9.17, 15) is 19.5 Å². The van der Waals surface area contributed by atoms with Crippen LogP contribution in [0.2, 0.25) is 0 Å². The summed E-state index contributed by atoms with van der Waals surface area (Å²) in [5, 5.41) is 9.37. The maximum Gasteiger partial charge on any atom is 0.327 e. The van der Waals surface area contributed by atoms with Crippen molar-refractivity contribution >= 4 is 17.8 Å². The molecular formula is C14H21NO4. The zero-order valence-corrected chi connectivity index (χ0v) is 11.8. The van der Waals surface area contributed by atoms with Gasteiger partial charge in [-0.25, -0.2) is 4.79 Å². The van der Waals surface area contributed by atoms with Gasteiger partial charge in [-0.2, -0.15) is 0 Å². The van der Waals surface area contributed by atoms with Crippen molar-refractivity contribution < 1.29 is 19.5 Å². The number of carbonyl (C=O) groups excluding carboxylic acids is 2. The predicted molar refractivity (Wildman–Crippen MR) is 68.1 cm³/mol. The van der Waals surface area contributed by atoms with Crippen LogP contribution in [-0.2, 0) is 14.4 Å². The molecule has 1 heterocycles. The average molecular weight is 267 g/mol. The van der Waals surface area contributed by atoms with E-state index >= 15 is 0 Å². The number of amides is 2. The molecule has 106 valence electrons. The lowest BCUT2D eigenvalue weighted by molar-refractivity contribution is -0.160. The fraction of sp³-hybridized carbons (Fsp3) is 0.786. The molecule has 3 unspecified atom stereocenters. The zero-order chi connectivity index (χ0) is 14.5. The van der Waals surface area contributed by atoms with Crippen LogP contribution >= 0.6 is 0 Å². The molecule has 1 saturated carbocycles. The third-order valence-corrected chi connectivity index (χ3v) is 4.22. The third kappa shape index (κ3) is 2.15. The number of carbonyl (C=O) groups is 3. The fourth-order valence-electron chi connectivity index (χ4n) is 3.43. The van der Waals surface area contributed by atoms with Gasteiger partial charge in [0.1, 0.15) is 6.04 Å². The van der Waals surface area contributed by atoms with Crippen molar-refractivity contribution in [2.24, 2.45) is 23.2 Å². The van der Waals surface area contributed by atoms with E-state index in [4.69, 9.17) is 0 Å². The Morgan fingerprint density at radius 3 is 1.95 bits per heavy atom. The van der Waals surface area contributed by atoms with E-state index < -0.39 is 17.4 Å². The Morgan fingerprint density at radius 2 is 1.63 bits per heavy atom. The lowest BCUT2D eigenvalue weighted by Gasteiger charge is -2.34. The van der Waals surface area contributed by atoms with Crippen LogP contribution < -0.4 is 0 Å². The number of likely N-dealkylation sites (tertiary alicyclic amines) is 1. The molecular weight excluding hydrogens is 246 g/mol. The number of hydrogen-bond acceptors (Lipinski definition) is 3. The second-order valence-corrected chi connectivity index (χ2v) is 6.94. The largest absolute Gasteiger partial charge is 0.480 e. The second-order valence-electron chi connectivity index (χ2n) is 6.94. The van der Waals surface area contributed by atoms with Gasteiger partial charge in [-0.1, -0.05) is 27.7 Å². The van der Waals surface area contributed by atoms with Crippen molar-refractivity contribution in [2.45, 2.75) is 46.6 Å². The van der Waals surface area contributed by atoms with E-state index in [2.05, 4.69) is 0 Å². The smallest absolute Gasteiger partial charge is 0.327 e. The van der Waals surface area contributed by atoms with E-state index in [0.717, 1.165) is 4.90 Å². The Labute approximate surface area is 113 Å². The summed E-state index contributed by atoms with van der Waals surface area (Å²) in [4.78, 5) is 37.2. The maximum absolute atomic E-state index is 12.4. The molecule has 0 spiro atoms. The average Bonchev–Trinajstić information content (AvgIpc) is 2.71. The van der Waals surface area contributed by atoms with Crippen LogP contribution in [0.1, 0.15) is 40.5 Å². The van der Waals surface area contributed by atoms with E-state index in [0.29, 0.717) is 18.8 Å². The van der Waals surface area contributed by atoms with Gasteiger partial charge >= 0.3 is 5.97 Å². The van der Waals surface area contributed by atoms with Crippen molar-refractivity contribution in [3.63, 3.8) is 0 Å². The topological polar surface area (TPSA) is 74.7 Å². The molecule has 1 aliphatic carbocycles. The Bertz CT molecular complexity index is 413. The van der Waals surface area contributed by atoms with Crippen LogP contribution in [0.15, 0.2) is 0 Å². The van der Waals surface area contributed by atoms with E-state index in [1.807, 2.05) is 6.92 Å². The van der Waals surface area contributed by atoms with Crippen molar-refractivity contribution in [2.75, 3.05) is 0 Å². The minimum atomic E-state index is -1.11. The van der Waals surface area contributed by atoms with Gasteiger partial charge in [-0.15, -0.1) is 0 Å². The van der Waals surface area contributed by atoms with Crippen LogP contribution in [0.25, 0.3) is 0 Å². The Balaban J connectivity index is 2.34. The van der Waals surface area contributed by atoms with Crippen molar-refractivity contribution in [1.82, 2.24) is 4.90 Å². The molecule has 5 heteroatoms. The third-order valence-electron chi connectivity index (χ3n) is 4.22. The van der Waals surface area contributed by atoms with Crippen molar-refractivity contribution in [3.05, 3.63) is 0 Å². The van der Waals surface area contributed by atoms with Gasteiger partial charge in [0.2, 0.25) is 11.8 Å². The molecule has 0 aromatic heterocycles.